The molecular weight excluding hydrogens is 188 g/mol. The van der Waals surface area contributed by atoms with Gasteiger partial charge in [0.1, 0.15) is 0 Å². The van der Waals surface area contributed by atoms with Crippen molar-refractivity contribution in [3.8, 4) is 0 Å². The molecule has 1 aromatic rings. The molecule has 1 aliphatic carbocycles. The molecular formula is C12H20N2O. The molecule has 0 amide bonds. The fourth-order valence-corrected chi connectivity index (χ4v) is 2.42. The van der Waals surface area contributed by atoms with Gasteiger partial charge in [-0.25, -0.2) is 0 Å². The maximum absolute atomic E-state index is 5.08. The summed E-state index contributed by atoms with van der Waals surface area (Å²) in [4.78, 5) is 2.44. The molecule has 0 aromatic carbocycles. The van der Waals surface area contributed by atoms with E-state index in [1.807, 2.05) is 19.4 Å². The highest BCUT2D eigenvalue weighted by atomic mass is 16.3. The molecule has 0 aliphatic heterocycles. The minimum absolute atomic E-state index is 0.743. The van der Waals surface area contributed by atoms with Crippen LogP contribution >= 0.6 is 0 Å². The van der Waals surface area contributed by atoms with Crippen molar-refractivity contribution in [3.63, 3.8) is 0 Å². The first-order valence-corrected chi connectivity index (χ1v) is 5.67. The van der Waals surface area contributed by atoms with Crippen molar-refractivity contribution >= 4 is 0 Å². The SMILES string of the molecule is CNCC1CCC1N(C)Cc1ccoc1. The first-order chi connectivity index (χ1) is 7.31. The lowest BCUT2D eigenvalue weighted by atomic mass is 9.78. The summed E-state index contributed by atoms with van der Waals surface area (Å²) in [7, 11) is 4.24. The van der Waals surface area contributed by atoms with Crippen molar-refractivity contribution in [2.75, 3.05) is 20.6 Å². The summed E-state index contributed by atoms with van der Waals surface area (Å²) in [6.45, 7) is 2.14. The Hall–Kier alpha value is -0.800. The highest BCUT2D eigenvalue weighted by molar-refractivity contribution is 5.05. The van der Waals surface area contributed by atoms with E-state index >= 15 is 0 Å². The first kappa shape index (κ1) is 10.7. The zero-order valence-corrected chi connectivity index (χ0v) is 9.57. The van der Waals surface area contributed by atoms with E-state index in [2.05, 4.69) is 17.3 Å². The highest BCUT2D eigenvalue weighted by Crippen LogP contribution is 2.31. The van der Waals surface area contributed by atoms with Gasteiger partial charge in [-0.2, -0.15) is 0 Å². The monoisotopic (exact) mass is 208 g/mol. The van der Waals surface area contributed by atoms with Crippen molar-refractivity contribution in [3.05, 3.63) is 24.2 Å². The van der Waals surface area contributed by atoms with Gasteiger partial charge < -0.3 is 9.73 Å². The Labute approximate surface area is 91.4 Å². The number of hydrogen-bond donors (Lipinski definition) is 1. The molecule has 84 valence electrons. The summed E-state index contributed by atoms with van der Waals surface area (Å²) in [5, 5.41) is 3.27. The van der Waals surface area contributed by atoms with Crippen LogP contribution in [0.1, 0.15) is 18.4 Å². The molecule has 1 heterocycles. The van der Waals surface area contributed by atoms with Crippen LogP contribution in [0.3, 0.4) is 0 Å². The van der Waals surface area contributed by atoms with E-state index in [0.717, 1.165) is 25.0 Å². The summed E-state index contributed by atoms with van der Waals surface area (Å²) < 4.78 is 5.08. The van der Waals surface area contributed by atoms with Gasteiger partial charge in [0.15, 0.2) is 0 Å². The van der Waals surface area contributed by atoms with Crippen LogP contribution in [0.2, 0.25) is 0 Å². The molecule has 1 aliphatic rings. The predicted octanol–water partition coefficient (Wildman–Crippen LogP) is 1.71. The molecule has 0 spiro atoms. The predicted molar refractivity (Wildman–Crippen MR) is 60.6 cm³/mol. The van der Waals surface area contributed by atoms with Gasteiger partial charge in [-0.1, -0.05) is 0 Å². The van der Waals surface area contributed by atoms with Crippen LogP contribution in [-0.4, -0.2) is 31.6 Å². The van der Waals surface area contributed by atoms with Gasteiger partial charge in [0.25, 0.3) is 0 Å². The maximum Gasteiger partial charge on any atom is 0.0947 e. The minimum atomic E-state index is 0.743. The summed E-state index contributed by atoms with van der Waals surface area (Å²) >= 11 is 0. The van der Waals surface area contributed by atoms with Crippen LogP contribution in [0.5, 0.6) is 0 Å². The molecule has 3 heteroatoms. The highest BCUT2D eigenvalue weighted by Gasteiger charge is 2.32. The van der Waals surface area contributed by atoms with E-state index in [1.54, 1.807) is 6.26 Å². The van der Waals surface area contributed by atoms with E-state index in [0.29, 0.717) is 0 Å². The Kier molecular flexibility index (Phi) is 3.44. The molecule has 1 N–H and O–H groups in total. The van der Waals surface area contributed by atoms with Crippen LogP contribution in [0, 0.1) is 5.92 Å². The average molecular weight is 208 g/mol. The first-order valence-electron chi connectivity index (χ1n) is 5.67. The summed E-state index contributed by atoms with van der Waals surface area (Å²) in [6, 6.07) is 2.79. The lowest BCUT2D eigenvalue weighted by Gasteiger charge is -2.42. The zero-order valence-electron chi connectivity index (χ0n) is 9.57. The third-order valence-electron chi connectivity index (χ3n) is 3.42. The van der Waals surface area contributed by atoms with Crippen LogP contribution in [0.15, 0.2) is 23.0 Å². The lowest BCUT2D eigenvalue weighted by Crippen LogP contribution is -2.48. The van der Waals surface area contributed by atoms with Crippen LogP contribution in [0.25, 0.3) is 0 Å². The second-order valence-corrected chi connectivity index (χ2v) is 4.51. The molecule has 1 saturated carbocycles. The average Bonchev–Trinajstić information content (AvgIpc) is 2.64. The Morgan fingerprint density at radius 3 is 2.93 bits per heavy atom. The van der Waals surface area contributed by atoms with Gasteiger partial charge in [-0.15, -0.1) is 0 Å². The normalized spacial score (nSPS) is 25.5. The molecule has 1 aromatic heterocycles. The quantitative estimate of drug-likeness (QED) is 0.798. The van der Waals surface area contributed by atoms with Gasteiger partial charge in [0.05, 0.1) is 12.5 Å². The molecule has 2 rings (SSSR count). The fraction of sp³-hybridized carbons (Fsp3) is 0.667. The number of rotatable bonds is 5. The lowest BCUT2D eigenvalue weighted by molar-refractivity contribution is 0.0792. The second kappa shape index (κ2) is 4.81. The third-order valence-corrected chi connectivity index (χ3v) is 3.42. The number of hydrogen-bond acceptors (Lipinski definition) is 3. The van der Waals surface area contributed by atoms with Gasteiger partial charge >= 0.3 is 0 Å². The summed E-state index contributed by atoms with van der Waals surface area (Å²) in [5.41, 5.74) is 1.27. The smallest absolute Gasteiger partial charge is 0.0947 e. The molecule has 0 radical (unpaired) electrons. The van der Waals surface area contributed by atoms with E-state index in [-0.39, 0.29) is 0 Å². The van der Waals surface area contributed by atoms with E-state index in [9.17, 15) is 0 Å². The number of furan rings is 1. The van der Waals surface area contributed by atoms with Crippen LogP contribution < -0.4 is 5.32 Å². The molecule has 2 atom stereocenters. The zero-order chi connectivity index (χ0) is 10.7. The molecule has 0 bridgehead atoms. The Bertz CT molecular complexity index is 284. The van der Waals surface area contributed by atoms with Crippen LogP contribution in [-0.2, 0) is 6.54 Å². The van der Waals surface area contributed by atoms with Crippen molar-refractivity contribution in [2.24, 2.45) is 5.92 Å². The molecule has 0 saturated heterocycles. The molecule has 1 fully saturated rings. The van der Waals surface area contributed by atoms with Gasteiger partial charge in [0.2, 0.25) is 0 Å². The van der Waals surface area contributed by atoms with E-state index < -0.39 is 0 Å². The fourth-order valence-electron chi connectivity index (χ4n) is 2.42. The largest absolute Gasteiger partial charge is 0.472 e. The van der Waals surface area contributed by atoms with Crippen molar-refractivity contribution in [2.45, 2.75) is 25.4 Å². The number of nitrogens with one attached hydrogen (secondary N) is 1. The maximum atomic E-state index is 5.08. The van der Waals surface area contributed by atoms with Crippen molar-refractivity contribution in [1.82, 2.24) is 10.2 Å². The third kappa shape index (κ3) is 2.41. The Balaban J connectivity index is 1.83. The van der Waals surface area contributed by atoms with Crippen molar-refractivity contribution < 1.29 is 4.42 Å². The molecule has 15 heavy (non-hydrogen) atoms. The molecule has 2 unspecified atom stereocenters. The Morgan fingerprint density at radius 1 is 1.53 bits per heavy atom. The van der Waals surface area contributed by atoms with E-state index in [4.69, 9.17) is 4.42 Å². The van der Waals surface area contributed by atoms with Crippen LogP contribution in [0.4, 0.5) is 0 Å². The second-order valence-electron chi connectivity index (χ2n) is 4.51. The van der Waals surface area contributed by atoms with Crippen molar-refractivity contribution in [1.29, 1.82) is 0 Å². The Morgan fingerprint density at radius 2 is 2.40 bits per heavy atom. The van der Waals surface area contributed by atoms with Gasteiger partial charge in [-0.3, -0.25) is 4.90 Å². The summed E-state index contributed by atoms with van der Waals surface area (Å²) in [6.07, 6.45) is 6.28. The van der Waals surface area contributed by atoms with Gasteiger partial charge in [-0.05, 0) is 45.5 Å². The topological polar surface area (TPSA) is 28.4 Å². The summed E-state index contributed by atoms with van der Waals surface area (Å²) in [5.74, 6) is 0.826. The molecule has 3 nitrogen and oxygen atoms in total. The standard InChI is InChI=1S/C12H20N2O/c1-13-7-11-3-4-12(11)14(2)8-10-5-6-15-9-10/h5-6,9,11-13H,3-4,7-8H2,1-2H3. The van der Waals surface area contributed by atoms with Gasteiger partial charge in [0, 0.05) is 18.2 Å². The number of nitrogens with zero attached hydrogens (tertiary/aromatic N) is 1. The minimum Gasteiger partial charge on any atom is -0.472 e. The van der Waals surface area contributed by atoms with E-state index in [1.165, 1.54) is 18.4 Å².